The Morgan fingerprint density at radius 3 is 2.65 bits per heavy atom. The highest BCUT2D eigenvalue weighted by molar-refractivity contribution is 5.39. The topological polar surface area (TPSA) is 30.5 Å². The fourth-order valence-electron chi connectivity index (χ4n) is 2.16. The summed E-state index contributed by atoms with van der Waals surface area (Å²) in [5.41, 5.74) is 0. The maximum atomic E-state index is 5.79. The lowest BCUT2D eigenvalue weighted by Crippen LogP contribution is -2.23. The summed E-state index contributed by atoms with van der Waals surface area (Å²) in [6, 6.07) is 8.50. The molecule has 1 atom stereocenters. The smallest absolute Gasteiger partial charge is 0.161 e. The van der Waals surface area contributed by atoms with Gasteiger partial charge in [-0.3, -0.25) is 0 Å². The number of para-hydroxylation sites is 2. The van der Waals surface area contributed by atoms with Crippen molar-refractivity contribution in [2.45, 2.75) is 32.2 Å². The second-order valence-electron chi connectivity index (χ2n) is 4.31. The molecule has 94 valence electrons. The summed E-state index contributed by atoms with van der Waals surface area (Å²) in [6.07, 6.45) is 3.64. The number of hydrogen-bond acceptors (Lipinski definition) is 3. The third kappa shape index (κ3) is 3.63. The molecule has 1 aliphatic heterocycles. The Bertz CT molecular complexity index is 335. The molecule has 2 rings (SSSR count). The van der Waals surface area contributed by atoms with E-state index in [-0.39, 0.29) is 0 Å². The van der Waals surface area contributed by atoms with E-state index < -0.39 is 0 Å². The Balaban J connectivity index is 1.80. The molecule has 1 aliphatic rings. The van der Waals surface area contributed by atoms with Crippen molar-refractivity contribution in [3.05, 3.63) is 24.3 Å². The van der Waals surface area contributed by atoms with E-state index in [4.69, 9.17) is 9.47 Å². The average Bonchev–Trinajstić information content (AvgIpc) is 2.85. The van der Waals surface area contributed by atoms with Crippen LogP contribution in [0.3, 0.4) is 0 Å². The van der Waals surface area contributed by atoms with Crippen LogP contribution < -0.4 is 14.8 Å². The zero-order valence-electron chi connectivity index (χ0n) is 10.4. The molecular weight excluding hydrogens is 214 g/mol. The van der Waals surface area contributed by atoms with Gasteiger partial charge >= 0.3 is 0 Å². The van der Waals surface area contributed by atoms with Crippen molar-refractivity contribution in [2.24, 2.45) is 0 Å². The first kappa shape index (κ1) is 12.2. The fraction of sp³-hybridized carbons (Fsp3) is 0.571. The van der Waals surface area contributed by atoms with Crippen molar-refractivity contribution >= 4 is 0 Å². The predicted octanol–water partition coefficient (Wildman–Crippen LogP) is 2.61. The number of hydrogen-bond donors (Lipinski definition) is 1. The molecule has 1 aromatic rings. The summed E-state index contributed by atoms with van der Waals surface area (Å²) >= 11 is 0. The van der Waals surface area contributed by atoms with Crippen molar-refractivity contribution in [3.63, 3.8) is 0 Å². The summed E-state index contributed by atoms with van der Waals surface area (Å²) in [4.78, 5) is 0. The van der Waals surface area contributed by atoms with Crippen LogP contribution in [-0.2, 0) is 0 Å². The van der Waals surface area contributed by atoms with Crippen molar-refractivity contribution in [2.75, 3.05) is 19.8 Å². The molecule has 0 amide bonds. The molecule has 0 saturated carbocycles. The van der Waals surface area contributed by atoms with Crippen molar-refractivity contribution in [3.8, 4) is 11.5 Å². The molecule has 1 unspecified atom stereocenters. The van der Waals surface area contributed by atoms with Crippen LogP contribution in [0.25, 0.3) is 0 Å². The number of ether oxygens (including phenoxy) is 2. The standard InChI is InChI=1S/C14H21NO2/c1-2-16-13-7-3-4-8-14(13)17-11-9-12-6-5-10-15-12/h3-4,7-8,12,15H,2,5-6,9-11H2,1H3. The SMILES string of the molecule is CCOc1ccccc1OCCC1CCCN1. The molecule has 0 aromatic heterocycles. The minimum Gasteiger partial charge on any atom is -0.490 e. The van der Waals surface area contributed by atoms with Crippen LogP contribution >= 0.6 is 0 Å². The van der Waals surface area contributed by atoms with Crippen molar-refractivity contribution in [1.82, 2.24) is 5.32 Å². The third-order valence-electron chi connectivity index (χ3n) is 3.04. The molecule has 0 radical (unpaired) electrons. The van der Waals surface area contributed by atoms with Gasteiger partial charge in [-0.1, -0.05) is 12.1 Å². The molecule has 1 heterocycles. The van der Waals surface area contributed by atoms with Gasteiger partial charge in [0, 0.05) is 6.04 Å². The monoisotopic (exact) mass is 235 g/mol. The first-order valence-corrected chi connectivity index (χ1v) is 6.48. The van der Waals surface area contributed by atoms with Gasteiger partial charge in [0.2, 0.25) is 0 Å². The van der Waals surface area contributed by atoms with Crippen molar-refractivity contribution in [1.29, 1.82) is 0 Å². The highest BCUT2D eigenvalue weighted by Crippen LogP contribution is 2.26. The van der Waals surface area contributed by atoms with Crippen LogP contribution in [0.5, 0.6) is 11.5 Å². The molecule has 1 saturated heterocycles. The van der Waals surface area contributed by atoms with Gasteiger partial charge in [0.1, 0.15) is 0 Å². The molecule has 3 nitrogen and oxygen atoms in total. The van der Waals surface area contributed by atoms with Crippen LogP contribution in [0.1, 0.15) is 26.2 Å². The third-order valence-corrected chi connectivity index (χ3v) is 3.04. The molecule has 1 aromatic carbocycles. The highest BCUT2D eigenvalue weighted by Gasteiger charge is 2.13. The molecule has 0 aliphatic carbocycles. The fourth-order valence-corrected chi connectivity index (χ4v) is 2.16. The molecule has 0 bridgehead atoms. The zero-order chi connectivity index (χ0) is 11.9. The van der Waals surface area contributed by atoms with Gasteiger partial charge in [-0.25, -0.2) is 0 Å². The summed E-state index contributed by atoms with van der Waals surface area (Å²) in [5, 5.41) is 3.47. The van der Waals surface area contributed by atoms with Crippen LogP contribution in [0.4, 0.5) is 0 Å². The Labute approximate surface area is 103 Å². The first-order valence-electron chi connectivity index (χ1n) is 6.48. The van der Waals surface area contributed by atoms with Gasteiger partial charge in [-0.05, 0) is 44.9 Å². The Morgan fingerprint density at radius 2 is 2.00 bits per heavy atom. The summed E-state index contributed by atoms with van der Waals surface area (Å²) in [6.45, 7) is 4.56. The second kappa shape index (κ2) is 6.50. The molecule has 17 heavy (non-hydrogen) atoms. The minimum atomic E-state index is 0.634. The van der Waals surface area contributed by atoms with Gasteiger partial charge in [0.15, 0.2) is 11.5 Å². The van der Waals surface area contributed by atoms with E-state index in [0.29, 0.717) is 12.6 Å². The average molecular weight is 235 g/mol. The Kier molecular flexibility index (Phi) is 4.68. The van der Waals surface area contributed by atoms with Gasteiger partial charge in [0.05, 0.1) is 13.2 Å². The van der Waals surface area contributed by atoms with Crippen LogP contribution in [0.15, 0.2) is 24.3 Å². The van der Waals surface area contributed by atoms with Gasteiger partial charge in [-0.15, -0.1) is 0 Å². The van der Waals surface area contributed by atoms with E-state index in [0.717, 1.165) is 31.1 Å². The summed E-state index contributed by atoms with van der Waals surface area (Å²) in [7, 11) is 0. The largest absolute Gasteiger partial charge is 0.490 e. The van der Waals surface area contributed by atoms with Gasteiger partial charge < -0.3 is 14.8 Å². The Morgan fingerprint density at radius 1 is 1.24 bits per heavy atom. The zero-order valence-corrected chi connectivity index (χ0v) is 10.4. The lowest BCUT2D eigenvalue weighted by Gasteiger charge is -2.13. The van der Waals surface area contributed by atoms with E-state index in [2.05, 4.69) is 5.32 Å². The molecular formula is C14H21NO2. The molecule has 3 heteroatoms. The minimum absolute atomic E-state index is 0.634. The number of rotatable bonds is 6. The van der Waals surface area contributed by atoms with Gasteiger partial charge in [-0.2, -0.15) is 0 Å². The van der Waals surface area contributed by atoms with Crippen LogP contribution in [0.2, 0.25) is 0 Å². The normalized spacial score (nSPS) is 19.2. The van der Waals surface area contributed by atoms with Gasteiger partial charge in [0.25, 0.3) is 0 Å². The molecule has 1 N–H and O–H groups in total. The van der Waals surface area contributed by atoms with Crippen molar-refractivity contribution < 1.29 is 9.47 Å². The lowest BCUT2D eigenvalue weighted by molar-refractivity contribution is 0.263. The molecule has 1 fully saturated rings. The number of benzene rings is 1. The first-order chi connectivity index (χ1) is 8.40. The van der Waals surface area contributed by atoms with E-state index >= 15 is 0 Å². The quantitative estimate of drug-likeness (QED) is 0.822. The maximum Gasteiger partial charge on any atom is 0.161 e. The predicted molar refractivity (Wildman–Crippen MR) is 68.7 cm³/mol. The Hall–Kier alpha value is -1.22. The van der Waals surface area contributed by atoms with E-state index in [1.807, 2.05) is 31.2 Å². The van der Waals surface area contributed by atoms with E-state index in [1.54, 1.807) is 0 Å². The van der Waals surface area contributed by atoms with Crippen LogP contribution in [0, 0.1) is 0 Å². The van der Waals surface area contributed by atoms with Crippen LogP contribution in [-0.4, -0.2) is 25.8 Å². The number of nitrogens with one attached hydrogen (secondary N) is 1. The maximum absolute atomic E-state index is 5.79. The highest BCUT2D eigenvalue weighted by atomic mass is 16.5. The van der Waals surface area contributed by atoms with E-state index in [9.17, 15) is 0 Å². The lowest BCUT2D eigenvalue weighted by atomic mass is 10.2. The summed E-state index contributed by atoms with van der Waals surface area (Å²) < 4.78 is 11.3. The molecule has 0 spiro atoms. The summed E-state index contributed by atoms with van der Waals surface area (Å²) in [5.74, 6) is 1.70. The van der Waals surface area contributed by atoms with E-state index in [1.165, 1.54) is 12.8 Å². The second-order valence-corrected chi connectivity index (χ2v) is 4.31.